The summed E-state index contributed by atoms with van der Waals surface area (Å²) in [5.74, 6) is 1.33. The first-order valence-electron chi connectivity index (χ1n) is 5.70. The Morgan fingerprint density at radius 2 is 2.18 bits per heavy atom. The van der Waals surface area contributed by atoms with E-state index in [1.54, 1.807) is 6.07 Å². The van der Waals surface area contributed by atoms with Crippen molar-refractivity contribution in [3.8, 4) is 11.8 Å². The van der Waals surface area contributed by atoms with Crippen molar-refractivity contribution in [1.82, 2.24) is 0 Å². The van der Waals surface area contributed by atoms with Gasteiger partial charge in [0.2, 0.25) is 0 Å². The Labute approximate surface area is 109 Å². The molecular weight excluding hydrogens is 282 g/mol. The Kier molecular flexibility index (Phi) is 4.41. The monoisotopic (exact) mass is 295 g/mol. The summed E-state index contributed by atoms with van der Waals surface area (Å²) < 4.78 is 11.8. The van der Waals surface area contributed by atoms with Gasteiger partial charge in [0.15, 0.2) is 0 Å². The number of nitrogens with zero attached hydrogens (tertiary/aromatic N) is 1. The summed E-state index contributed by atoms with van der Waals surface area (Å²) in [6, 6.07) is 7.62. The third-order valence-electron chi connectivity index (χ3n) is 2.88. The van der Waals surface area contributed by atoms with Gasteiger partial charge < -0.3 is 9.47 Å². The molecule has 1 aliphatic heterocycles. The first-order chi connectivity index (χ1) is 8.29. The van der Waals surface area contributed by atoms with Gasteiger partial charge in [-0.2, -0.15) is 5.26 Å². The molecule has 90 valence electrons. The van der Waals surface area contributed by atoms with E-state index in [0.29, 0.717) is 18.1 Å². The third-order valence-corrected chi connectivity index (χ3v) is 3.58. The molecule has 4 heteroatoms. The van der Waals surface area contributed by atoms with Crippen molar-refractivity contribution in [2.75, 3.05) is 19.8 Å². The number of benzene rings is 1. The first-order valence-corrected chi connectivity index (χ1v) is 6.49. The smallest absolute Gasteiger partial charge is 0.120 e. The van der Waals surface area contributed by atoms with Gasteiger partial charge in [-0.15, -0.1) is 0 Å². The van der Waals surface area contributed by atoms with Crippen molar-refractivity contribution >= 4 is 15.9 Å². The van der Waals surface area contributed by atoms with Crippen LogP contribution in [0.1, 0.15) is 18.4 Å². The highest BCUT2D eigenvalue weighted by molar-refractivity contribution is 9.10. The summed E-state index contributed by atoms with van der Waals surface area (Å²) >= 11 is 3.32. The van der Waals surface area contributed by atoms with Crippen LogP contribution in [0, 0.1) is 17.2 Å². The highest BCUT2D eigenvalue weighted by Gasteiger charge is 2.14. The zero-order valence-electron chi connectivity index (χ0n) is 9.49. The molecule has 1 aromatic rings. The van der Waals surface area contributed by atoms with Gasteiger partial charge in [0.25, 0.3) is 0 Å². The van der Waals surface area contributed by atoms with E-state index < -0.39 is 0 Å². The van der Waals surface area contributed by atoms with Crippen molar-refractivity contribution in [2.45, 2.75) is 12.8 Å². The Balaban J connectivity index is 1.92. The maximum atomic E-state index is 8.91. The predicted molar refractivity (Wildman–Crippen MR) is 67.9 cm³/mol. The van der Waals surface area contributed by atoms with Crippen LogP contribution < -0.4 is 4.74 Å². The van der Waals surface area contributed by atoms with Crippen LogP contribution in [0.25, 0.3) is 0 Å². The highest BCUT2D eigenvalue weighted by Crippen LogP contribution is 2.23. The predicted octanol–water partition coefficient (Wildman–Crippen LogP) is 3.13. The largest absolute Gasteiger partial charge is 0.493 e. The van der Waals surface area contributed by atoms with Gasteiger partial charge >= 0.3 is 0 Å². The van der Waals surface area contributed by atoms with E-state index in [2.05, 4.69) is 22.0 Å². The quantitative estimate of drug-likeness (QED) is 0.860. The number of hydrogen-bond acceptors (Lipinski definition) is 3. The zero-order valence-corrected chi connectivity index (χ0v) is 11.1. The second kappa shape index (κ2) is 6.04. The van der Waals surface area contributed by atoms with Crippen LogP contribution in [-0.2, 0) is 4.74 Å². The van der Waals surface area contributed by atoms with Gasteiger partial charge in [-0.05, 0) is 52.9 Å². The molecule has 1 heterocycles. The molecule has 0 saturated carbocycles. The number of ether oxygens (including phenoxy) is 2. The number of rotatable bonds is 3. The van der Waals surface area contributed by atoms with Crippen LogP contribution in [0.3, 0.4) is 0 Å². The van der Waals surface area contributed by atoms with Gasteiger partial charge in [-0.1, -0.05) is 0 Å². The first kappa shape index (κ1) is 12.4. The summed E-state index contributed by atoms with van der Waals surface area (Å²) in [5.41, 5.74) is 0.606. The number of halogens is 1. The molecule has 1 fully saturated rings. The van der Waals surface area contributed by atoms with Gasteiger partial charge in [-0.3, -0.25) is 0 Å². The molecule has 17 heavy (non-hydrogen) atoms. The van der Waals surface area contributed by atoms with Crippen molar-refractivity contribution in [3.05, 3.63) is 28.2 Å². The lowest BCUT2D eigenvalue weighted by Crippen LogP contribution is -2.21. The fourth-order valence-electron chi connectivity index (χ4n) is 1.81. The van der Waals surface area contributed by atoms with E-state index in [0.717, 1.165) is 36.3 Å². The van der Waals surface area contributed by atoms with Crippen LogP contribution in [0.2, 0.25) is 0 Å². The van der Waals surface area contributed by atoms with Crippen LogP contribution in [0.4, 0.5) is 0 Å². The Bertz CT molecular complexity index is 422. The Morgan fingerprint density at radius 3 is 2.88 bits per heavy atom. The summed E-state index contributed by atoms with van der Waals surface area (Å²) in [7, 11) is 0. The van der Waals surface area contributed by atoms with Gasteiger partial charge in [-0.25, -0.2) is 0 Å². The summed E-state index contributed by atoms with van der Waals surface area (Å²) in [6.07, 6.45) is 2.11. The molecule has 2 rings (SSSR count). The molecule has 0 N–H and O–H groups in total. The molecule has 0 unspecified atom stereocenters. The van der Waals surface area contributed by atoms with Crippen LogP contribution in [0.5, 0.6) is 5.75 Å². The summed E-state index contributed by atoms with van der Waals surface area (Å²) in [6.45, 7) is 2.37. The van der Waals surface area contributed by atoms with E-state index in [1.807, 2.05) is 12.1 Å². The highest BCUT2D eigenvalue weighted by atomic mass is 79.9. The molecule has 1 aromatic carbocycles. The van der Waals surface area contributed by atoms with Gasteiger partial charge in [0.1, 0.15) is 11.8 Å². The molecule has 0 amide bonds. The standard InChI is InChI=1S/C13H14BrNO2/c14-13-2-1-12(7-11(13)8-15)17-9-10-3-5-16-6-4-10/h1-2,7,10H,3-6,9H2. The van der Waals surface area contributed by atoms with Crippen LogP contribution in [0.15, 0.2) is 22.7 Å². The summed E-state index contributed by atoms with van der Waals surface area (Å²) in [5, 5.41) is 8.91. The molecule has 1 aliphatic rings. The lowest BCUT2D eigenvalue weighted by atomic mass is 10.0. The van der Waals surface area contributed by atoms with E-state index in [9.17, 15) is 0 Å². The second-order valence-corrected chi connectivity index (χ2v) is 4.97. The van der Waals surface area contributed by atoms with E-state index >= 15 is 0 Å². The number of nitriles is 1. The maximum absolute atomic E-state index is 8.91. The molecule has 3 nitrogen and oxygen atoms in total. The molecule has 1 saturated heterocycles. The molecule has 0 aliphatic carbocycles. The van der Waals surface area contributed by atoms with Crippen molar-refractivity contribution in [2.24, 2.45) is 5.92 Å². The third kappa shape index (κ3) is 3.45. The van der Waals surface area contributed by atoms with E-state index in [1.165, 1.54) is 0 Å². The molecule has 0 aromatic heterocycles. The SMILES string of the molecule is N#Cc1cc(OCC2CCOCC2)ccc1Br. The lowest BCUT2D eigenvalue weighted by molar-refractivity contribution is 0.0497. The fraction of sp³-hybridized carbons (Fsp3) is 0.462. The summed E-state index contributed by atoms with van der Waals surface area (Å²) in [4.78, 5) is 0. The van der Waals surface area contributed by atoms with Crippen LogP contribution >= 0.6 is 15.9 Å². The second-order valence-electron chi connectivity index (χ2n) is 4.12. The minimum atomic E-state index is 0.568. The lowest BCUT2D eigenvalue weighted by Gasteiger charge is -2.22. The molecular formula is C13H14BrNO2. The number of hydrogen-bond donors (Lipinski definition) is 0. The Hall–Kier alpha value is -1.05. The van der Waals surface area contributed by atoms with Crippen molar-refractivity contribution < 1.29 is 9.47 Å². The van der Waals surface area contributed by atoms with E-state index in [4.69, 9.17) is 14.7 Å². The van der Waals surface area contributed by atoms with Gasteiger partial charge in [0, 0.05) is 17.7 Å². The van der Waals surface area contributed by atoms with Crippen LogP contribution in [-0.4, -0.2) is 19.8 Å². The topological polar surface area (TPSA) is 42.2 Å². The van der Waals surface area contributed by atoms with Crippen molar-refractivity contribution in [3.63, 3.8) is 0 Å². The fourth-order valence-corrected chi connectivity index (χ4v) is 2.14. The minimum Gasteiger partial charge on any atom is -0.493 e. The molecule has 0 bridgehead atoms. The zero-order chi connectivity index (χ0) is 12.1. The molecule has 0 radical (unpaired) electrons. The molecule has 0 spiro atoms. The Morgan fingerprint density at radius 1 is 1.41 bits per heavy atom. The van der Waals surface area contributed by atoms with Crippen molar-refractivity contribution in [1.29, 1.82) is 5.26 Å². The minimum absolute atomic E-state index is 0.568. The average molecular weight is 296 g/mol. The van der Waals surface area contributed by atoms with Gasteiger partial charge in [0.05, 0.1) is 12.2 Å². The normalized spacial score (nSPS) is 16.5. The average Bonchev–Trinajstić information content (AvgIpc) is 2.39. The van der Waals surface area contributed by atoms with E-state index in [-0.39, 0.29) is 0 Å². The maximum Gasteiger partial charge on any atom is 0.120 e. The molecule has 0 atom stereocenters.